The first-order valence-corrected chi connectivity index (χ1v) is 9.06. The lowest BCUT2D eigenvalue weighted by Crippen LogP contribution is -2.24. The Balaban J connectivity index is 2.03. The summed E-state index contributed by atoms with van der Waals surface area (Å²) in [5.74, 6) is 6.24. The lowest BCUT2D eigenvalue weighted by molar-refractivity contribution is 0.101. The van der Waals surface area contributed by atoms with E-state index < -0.39 is 10.0 Å². The number of hydrogen-bond donors (Lipinski definition) is 1. The molecule has 0 radical (unpaired) electrons. The van der Waals surface area contributed by atoms with Gasteiger partial charge >= 0.3 is 0 Å². The van der Waals surface area contributed by atoms with E-state index in [1.165, 1.54) is 20.1 Å². The molecule has 6 heteroatoms. The van der Waals surface area contributed by atoms with E-state index in [9.17, 15) is 13.2 Å². The van der Waals surface area contributed by atoms with E-state index in [0.29, 0.717) is 16.9 Å². The molecule has 0 saturated carbocycles. The Morgan fingerprint density at radius 3 is 2.40 bits per heavy atom. The molecule has 0 heterocycles. The number of benzene rings is 2. The van der Waals surface area contributed by atoms with Gasteiger partial charge in [0, 0.05) is 11.1 Å². The normalized spacial score (nSPS) is 10.7. The standard InChI is InChI=1S/C19H19NO4S/c1-14-13-18(10-11-19(14)24-3)25(22,23)20-12-4-5-16-6-8-17(9-7-16)15(2)21/h6-11,13,20H,12H2,1-3H3. The van der Waals surface area contributed by atoms with Gasteiger partial charge in [0.15, 0.2) is 5.78 Å². The van der Waals surface area contributed by atoms with Crippen molar-refractivity contribution in [3.05, 3.63) is 59.2 Å². The molecule has 130 valence electrons. The monoisotopic (exact) mass is 357 g/mol. The minimum absolute atomic E-state index is 0.0120. The lowest BCUT2D eigenvalue weighted by atomic mass is 10.1. The van der Waals surface area contributed by atoms with Crippen LogP contribution in [-0.2, 0) is 10.0 Å². The summed E-state index contributed by atoms with van der Waals surface area (Å²) < 4.78 is 32.1. The largest absolute Gasteiger partial charge is 0.496 e. The molecule has 5 nitrogen and oxygen atoms in total. The van der Waals surface area contributed by atoms with Gasteiger partial charge in [-0.25, -0.2) is 8.42 Å². The first-order valence-electron chi connectivity index (χ1n) is 7.57. The topological polar surface area (TPSA) is 72.5 Å². The Morgan fingerprint density at radius 1 is 1.16 bits per heavy atom. The van der Waals surface area contributed by atoms with Crippen LogP contribution in [0, 0.1) is 18.8 Å². The van der Waals surface area contributed by atoms with Crippen LogP contribution in [0.4, 0.5) is 0 Å². The third-order valence-corrected chi connectivity index (χ3v) is 4.95. The zero-order valence-electron chi connectivity index (χ0n) is 14.3. The van der Waals surface area contributed by atoms with E-state index >= 15 is 0 Å². The Labute approximate surface area is 148 Å². The maximum absolute atomic E-state index is 12.3. The molecule has 0 aliphatic carbocycles. The Kier molecular flexibility index (Phi) is 5.97. The summed E-state index contributed by atoms with van der Waals surface area (Å²) >= 11 is 0. The van der Waals surface area contributed by atoms with E-state index in [4.69, 9.17) is 4.74 Å². The van der Waals surface area contributed by atoms with Crippen molar-refractivity contribution >= 4 is 15.8 Å². The zero-order chi connectivity index (χ0) is 18.4. The van der Waals surface area contributed by atoms with E-state index in [-0.39, 0.29) is 17.2 Å². The van der Waals surface area contributed by atoms with E-state index in [1.807, 2.05) is 0 Å². The Morgan fingerprint density at radius 2 is 1.84 bits per heavy atom. The molecule has 2 rings (SSSR count). The van der Waals surface area contributed by atoms with E-state index in [0.717, 1.165) is 5.56 Å². The first-order chi connectivity index (χ1) is 11.8. The zero-order valence-corrected chi connectivity index (χ0v) is 15.1. The van der Waals surface area contributed by atoms with Gasteiger partial charge in [0.25, 0.3) is 0 Å². The van der Waals surface area contributed by atoms with Gasteiger partial charge in [-0.05, 0) is 49.7 Å². The molecule has 0 spiro atoms. The smallest absolute Gasteiger partial charge is 0.241 e. The predicted molar refractivity (Wildman–Crippen MR) is 96.2 cm³/mol. The summed E-state index contributed by atoms with van der Waals surface area (Å²) in [7, 11) is -2.10. The highest BCUT2D eigenvalue weighted by atomic mass is 32.2. The Bertz CT molecular complexity index is 936. The number of aryl methyl sites for hydroxylation is 1. The Hall–Kier alpha value is -2.62. The van der Waals surface area contributed by atoms with Crippen LogP contribution in [0.25, 0.3) is 0 Å². The fraction of sp³-hybridized carbons (Fsp3) is 0.211. The van der Waals surface area contributed by atoms with Crippen molar-refractivity contribution in [2.45, 2.75) is 18.7 Å². The summed E-state index contributed by atoms with van der Waals surface area (Å²) in [4.78, 5) is 11.4. The quantitative estimate of drug-likeness (QED) is 0.659. The second-order valence-corrected chi connectivity index (χ2v) is 7.16. The third kappa shape index (κ3) is 4.92. The number of ether oxygens (including phenoxy) is 1. The summed E-state index contributed by atoms with van der Waals surface area (Å²) in [6.07, 6.45) is 0. The van der Waals surface area contributed by atoms with Crippen LogP contribution in [0.5, 0.6) is 5.75 Å². The second kappa shape index (κ2) is 7.97. The highest BCUT2D eigenvalue weighted by molar-refractivity contribution is 7.89. The number of hydrogen-bond acceptors (Lipinski definition) is 4. The molecular formula is C19H19NO4S. The minimum Gasteiger partial charge on any atom is -0.496 e. The van der Waals surface area contributed by atoms with Gasteiger partial charge in [-0.2, -0.15) is 4.72 Å². The van der Waals surface area contributed by atoms with Gasteiger partial charge in [0.1, 0.15) is 5.75 Å². The van der Waals surface area contributed by atoms with Crippen LogP contribution in [0.2, 0.25) is 0 Å². The number of Topliss-reactive ketones (excluding diaryl/α,β-unsaturated/α-hetero) is 1. The van der Waals surface area contributed by atoms with Crippen LogP contribution in [0.15, 0.2) is 47.4 Å². The molecule has 0 aromatic heterocycles. The van der Waals surface area contributed by atoms with Gasteiger partial charge in [-0.1, -0.05) is 24.0 Å². The molecule has 0 saturated heterocycles. The maximum atomic E-state index is 12.3. The fourth-order valence-electron chi connectivity index (χ4n) is 2.17. The molecule has 0 aliphatic heterocycles. The summed E-state index contributed by atoms with van der Waals surface area (Å²) in [5.41, 5.74) is 2.06. The minimum atomic E-state index is -3.63. The summed E-state index contributed by atoms with van der Waals surface area (Å²) in [6, 6.07) is 11.5. The van der Waals surface area contributed by atoms with E-state index in [1.54, 1.807) is 43.3 Å². The first kappa shape index (κ1) is 18.7. The van der Waals surface area contributed by atoms with Gasteiger partial charge < -0.3 is 4.74 Å². The molecule has 2 aromatic carbocycles. The number of methoxy groups -OCH3 is 1. The van der Waals surface area contributed by atoms with Gasteiger partial charge in [-0.3, -0.25) is 4.79 Å². The fourth-order valence-corrected chi connectivity index (χ4v) is 3.18. The highest BCUT2D eigenvalue weighted by Crippen LogP contribution is 2.21. The summed E-state index contributed by atoms with van der Waals surface area (Å²) in [6.45, 7) is 3.26. The predicted octanol–water partition coefficient (Wildman–Crippen LogP) is 2.54. The molecule has 0 atom stereocenters. The lowest BCUT2D eigenvalue weighted by Gasteiger charge is -2.08. The van der Waals surface area contributed by atoms with Crippen LogP contribution in [0.3, 0.4) is 0 Å². The SMILES string of the molecule is COc1ccc(S(=O)(=O)NCC#Cc2ccc(C(C)=O)cc2)cc1C. The average Bonchev–Trinajstić information content (AvgIpc) is 2.59. The molecule has 0 amide bonds. The molecule has 2 aromatic rings. The second-order valence-electron chi connectivity index (χ2n) is 5.39. The molecule has 0 fully saturated rings. The van der Waals surface area contributed by atoms with Crippen molar-refractivity contribution in [1.29, 1.82) is 0 Å². The van der Waals surface area contributed by atoms with Crippen molar-refractivity contribution in [3.63, 3.8) is 0 Å². The van der Waals surface area contributed by atoms with Crippen molar-refractivity contribution in [1.82, 2.24) is 4.72 Å². The van der Waals surface area contributed by atoms with Crippen molar-refractivity contribution < 1.29 is 17.9 Å². The number of sulfonamides is 1. The maximum Gasteiger partial charge on any atom is 0.241 e. The molecular weight excluding hydrogens is 338 g/mol. The van der Waals surface area contributed by atoms with Crippen LogP contribution >= 0.6 is 0 Å². The van der Waals surface area contributed by atoms with Crippen LogP contribution in [0.1, 0.15) is 28.4 Å². The number of carbonyl (C=O) groups excluding carboxylic acids is 1. The number of rotatable bonds is 5. The molecule has 25 heavy (non-hydrogen) atoms. The van der Waals surface area contributed by atoms with Crippen LogP contribution < -0.4 is 9.46 Å². The number of nitrogens with one attached hydrogen (secondary N) is 1. The van der Waals surface area contributed by atoms with Gasteiger partial charge in [0.05, 0.1) is 18.6 Å². The highest BCUT2D eigenvalue weighted by Gasteiger charge is 2.14. The van der Waals surface area contributed by atoms with Crippen molar-refractivity contribution in [2.24, 2.45) is 0 Å². The number of ketones is 1. The third-order valence-electron chi connectivity index (χ3n) is 3.55. The van der Waals surface area contributed by atoms with E-state index in [2.05, 4.69) is 16.6 Å². The number of carbonyl (C=O) groups is 1. The molecule has 0 bridgehead atoms. The van der Waals surface area contributed by atoms with Gasteiger partial charge in [-0.15, -0.1) is 0 Å². The average molecular weight is 357 g/mol. The molecule has 0 unspecified atom stereocenters. The molecule has 0 aliphatic rings. The summed E-state index contributed by atoms with van der Waals surface area (Å²) in [5, 5.41) is 0. The van der Waals surface area contributed by atoms with Crippen molar-refractivity contribution in [3.8, 4) is 17.6 Å². The van der Waals surface area contributed by atoms with Gasteiger partial charge in [0.2, 0.25) is 10.0 Å². The molecule has 1 N–H and O–H groups in total. The van der Waals surface area contributed by atoms with Crippen molar-refractivity contribution in [2.75, 3.05) is 13.7 Å². The van der Waals surface area contributed by atoms with Crippen LogP contribution in [-0.4, -0.2) is 27.9 Å².